The van der Waals surface area contributed by atoms with Gasteiger partial charge in [-0.05, 0) is 36.1 Å². The molecule has 1 aromatic carbocycles. The number of carbonyl (C=O) groups is 1. The van der Waals surface area contributed by atoms with Gasteiger partial charge in [-0.1, -0.05) is 0 Å². The molecule has 1 aliphatic rings. The van der Waals surface area contributed by atoms with E-state index in [-0.39, 0.29) is 36.5 Å². The summed E-state index contributed by atoms with van der Waals surface area (Å²) in [6.07, 6.45) is 0.537. The summed E-state index contributed by atoms with van der Waals surface area (Å²) >= 11 is 0. The summed E-state index contributed by atoms with van der Waals surface area (Å²) in [6, 6.07) is 3.30. The second kappa shape index (κ2) is 5.02. The third-order valence-electron chi connectivity index (χ3n) is 3.28. The van der Waals surface area contributed by atoms with Crippen LogP contribution >= 0.6 is 0 Å². The first-order valence-corrected chi connectivity index (χ1v) is 5.85. The van der Waals surface area contributed by atoms with Crippen molar-refractivity contribution in [3.63, 3.8) is 0 Å². The van der Waals surface area contributed by atoms with Crippen LogP contribution in [-0.4, -0.2) is 36.1 Å². The number of aliphatic hydroxyl groups excluding tert-OH is 1. The van der Waals surface area contributed by atoms with E-state index in [4.69, 9.17) is 5.11 Å². The molecule has 0 aromatic heterocycles. The molecule has 1 aliphatic carbocycles. The molecule has 0 heterocycles. The Labute approximate surface area is 104 Å². The Morgan fingerprint density at radius 3 is 2.89 bits per heavy atom. The van der Waals surface area contributed by atoms with Gasteiger partial charge in [0.15, 0.2) is 0 Å². The zero-order valence-electron chi connectivity index (χ0n) is 10.1. The van der Waals surface area contributed by atoms with Crippen molar-refractivity contribution in [1.82, 2.24) is 4.90 Å². The van der Waals surface area contributed by atoms with Gasteiger partial charge in [-0.15, -0.1) is 0 Å². The highest BCUT2D eigenvalue weighted by Gasteiger charge is 2.46. The summed E-state index contributed by atoms with van der Waals surface area (Å²) in [7, 11) is 1.59. The highest BCUT2D eigenvalue weighted by atomic mass is 19.1. The molecule has 5 heteroatoms. The normalized spacial score (nSPS) is 21.8. The zero-order valence-corrected chi connectivity index (χ0v) is 10.1. The molecule has 1 saturated carbocycles. The third-order valence-corrected chi connectivity index (χ3v) is 3.28. The SMILES string of the molecule is CN(CCO)C(=O)C1CC1c1cc(F)ccc1F. The molecule has 2 atom stereocenters. The first-order valence-electron chi connectivity index (χ1n) is 5.85. The van der Waals surface area contributed by atoms with Crippen LogP contribution in [0.4, 0.5) is 8.78 Å². The van der Waals surface area contributed by atoms with Gasteiger partial charge in [0.1, 0.15) is 11.6 Å². The van der Waals surface area contributed by atoms with Crippen molar-refractivity contribution in [2.75, 3.05) is 20.2 Å². The molecule has 1 aromatic rings. The number of halogens is 2. The average Bonchev–Trinajstić information content (AvgIpc) is 3.11. The summed E-state index contributed by atoms with van der Waals surface area (Å²) in [4.78, 5) is 13.3. The standard InChI is InChI=1S/C13H15F2NO2/c1-16(4-5-17)13(18)11-7-9(11)10-6-8(14)2-3-12(10)15/h2-3,6,9,11,17H,4-5,7H2,1H3. The smallest absolute Gasteiger partial charge is 0.226 e. The molecule has 2 unspecified atom stereocenters. The highest BCUT2D eigenvalue weighted by Crippen LogP contribution is 2.49. The van der Waals surface area contributed by atoms with Gasteiger partial charge in [0.2, 0.25) is 5.91 Å². The predicted octanol–water partition coefficient (Wildman–Crippen LogP) is 1.52. The second-order valence-electron chi connectivity index (χ2n) is 4.60. The molecule has 0 bridgehead atoms. The van der Waals surface area contributed by atoms with Crippen LogP contribution in [0.2, 0.25) is 0 Å². The Balaban J connectivity index is 2.06. The molecule has 1 fully saturated rings. The predicted molar refractivity (Wildman–Crippen MR) is 61.9 cm³/mol. The van der Waals surface area contributed by atoms with Crippen LogP contribution in [0.1, 0.15) is 17.9 Å². The number of aliphatic hydroxyl groups is 1. The minimum atomic E-state index is -0.492. The molecule has 0 radical (unpaired) electrons. The van der Waals surface area contributed by atoms with E-state index in [1.165, 1.54) is 4.90 Å². The fourth-order valence-corrected chi connectivity index (χ4v) is 2.15. The van der Waals surface area contributed by atoms with Crippen LogP contribution in [0.25, 0.3) is 0 Å². The van der Waals surface area contributed by atoms with Crippen molar-refractivity contribution in [3.8, 4) is 0 Å². The molecule has 18 heavy (non-hydrogen) atoms. The number of rotatable bonds is 4. The van der Waals surface area contributed by atoms with Gasteiger partial charge < -0.3 is 10.0 Å². The van der Waals surface area contributed by atoms with Gasteiger partial charge in [-0.25, -0.2) is 8.78 Å². The van der Waals surface area contributed by atoms with Gasteiger partial charge in [0.25, 0.3) is 0 Å². The van der Waals surface area contributed by atoms with E-state index >= 15 is 0 Å². The van der Waals surface area contributed by atoms with Crippen molar-refractivity contribution in [3.05, 3.63) is 35.4 Å². The third kappa shape index (κ3) is 2.51. The lowest BCUT2D eigenvalue weighted by Gasteiger charge is -2.15. The van der Waals surface area contributed by atoms with Crippen LogP contribution < -0.4 is 0 Å². The molecule has 2 rings (SSSR count). The fourth-order valence-electron chi connectivity index (χ4n) is 2.15. The maximum atomic E-state index is 13.5. The molecule has 98 valence electrons. The number of hydrogen-bond acceptors (Lipinski definition) is 2. The lowest BCUT2D eigenvalue weighted by atomic mass is 10.1. The van der Waals surface area contributed by atoms with E-state index in [0.717, 1.165) is 18.2 Å². The monoisotopic (exact) mass is 255 g/mol. The molecule has 1 N–H and O–H groups in total. The number of likely N-dealkylation sites (N-methyl/N-ethyl adjacent to an activating group) is 1. The lowest BCUT2D eigenvalue weighted by molar-refractivity contribution is -0.131. The van der Waals surface area contributed by atoms with Gasteiger partial charge in [0, 0.05) is 19.5 Å². The summed E-state index contributed by atoms with van der Waals surface area (Å²) in [5.41, 5.74) is 0.269. The maximum Gasteiger partial charge on any atom is 0.226 e. The van der Waals surface area contributed by atoms with Crippen LogP contribution in [0.15, 0.2) is 18.2 Å². The quantitative estimate of drug-likeness (QED) is 0.886. The molecule has 0 spiro atoms. The van der Waals surface area contributed by atoms with E-state index in [0.29, 0.717) is 6.42 Å². The summed E-state index contributed by atoms with van der Waals surface area (Å²) in [5.74, 6) is -1.63. The fraction of sp³-hybridized carbons (Fsp3) is 0.462. The van der Waals surface area contributed by atoms with Gasteiger partial charge >= 0.3 is 0 Å². The van der Waals surface area contributed by atoms with Crippen molar-refractivity contribution in [2.24, 2.45) is 5.92 Å². The second-order valence-corrected chi connectivity index (χ2v) is 4.60. The number of benzene rings is 1. The molecule has 0 aliphatic heterocycles. The molecule has 3 nitrogen and oxygen atoms in total. The Kier molecular flexibility index (Phi) is 3.61. The van der Waals surface area contributed by atoms with Crippen molar-refractivity contribution < 1.29 is 18.7 Å². The van der Waals surface area contributed by atoms with Crippen LogP contribution in [0, 0.1) is 17.6 Å². The van der Waals surface area contributed by atoms with E-state index in [1.54, 1.807) is 7.05 Å². The summed E-state index contributed by atoms with van der Waals surface area (Å²) < 4.78 is 26.6. The highest BCUT2D eigenvalue weighted by molar-refractivity contribution is 5.82. The maximum absolute atomic E-state index is 13.5. The van der Waals surface area contributed by atoms with Crippen molar-refractivity contribution >= 4 is 5.91 Å². The number of nitrogens with zero attached hydrogens (tertiary/aromatic N) is 1. The van der Waals surface area contributed by atoms with Crippen LogP contribution in [0.3, 0.4) is 0 Å². The van der Waals surface area contributed by atoms with Crippen LogP contribution in [0.5, 0.6) is 0 Å². The minimum absolute atomic E-state index is 0.103. The Morgan fingerprint density at radius 2 is 2.22 bits per heavy atom. The minimum Gasteiger partial charge on any atom is -0.395 e. The lowest BCUT2D eigenvalue weighted by Crippen LogP contribution is -2.31. The average molecular weight is 255 g/mol. The molecule has 0 saturated heterocycles. The van der Waals surface area contributed by atoms with E-state index < -0.39 is 11.6 Å². The van der Waals surface area contributed by atoms with Crippen molar-refractivity contribution in [2.45, 2.75) is 12.3 Å². The first-order chi connectivity index (χ1) is 8.54. The molecular weight excluding hydrogens is 240 g/mol. The number of hydrogen-bond donors (Lipinski definition) is 1. The van der Waals surface area contributed by atoms with Crippen molar-refractivity contribution in [1.29, 1.82) is 0 Å². The molecule has 1 amide bonds. The first kappa shape index (κ1) is 13.0. The van der Waals surface area contributed by atoms with Gasteiger partial charge in [-0.3, -0.25) is 4.79 Å². The molecular formula is C13H15F2NO2. The van der Waals surface area contributed by atoms with Gasteiger partial charge in [0.05, 0.1) is 6.61 Å². The van der Waals surface area contributed by atoms with Crippen LogP contribution in [-0.2, 0) is 4.79 Å². The van der Waals surface area contributed by atoms with E-state index in [1.807, 2.05) is 0 Å². The zero-order chi connectivity index (χ0) is 13.3. The Hall–Kier alpha value is -1.49. The summed E-state index contributed by atoms with van der Waals surface area (Å²) in [5, 5.41) is 8.75. The summed E-state index contributed by atoms with van der Waals surface area (Å²) in [6.45, 7) is 0.154. The Bertz CT molecular complexity index is 464. The van der Waals surface area contributed by atoms with E-state index in [9.17, 15) is 13.6 Å². The Morgan fingerprint density at radius 1 is 1.50 bits per heavy atom. The van der Waals surface area contributed by atoms with Gasteiger partial charge in [-0.2, -0.15) is 0 Å². The number of carbonyl (C=O) groups excluding carboxylic acids is 1. The van der Waals surface area contributed by atoms with E-state index in [2.05, 4.69) is 0 Å². The topological polar surface area (TPSA) is 40.5 Å². The largest absolute Gasteiger partial charge is 0.395 e. The number of amides is 1.